The Balaban J connectivity index is 2.09. The quantitative estimate of drug-likeness (QED) is 0.697. The summed E-state index contributed by atoms with van der Waals surface area (Å²) in [6, 6.07) is 1.57. The van der Waals surface area contributed by atoms with E-state index in [1.165, 1.54) is 25.7 Å². The van der Waals surface area contributed by atoms with E-state index in [4.69, 9.17) is 0 Å². The second kappa shape index (κ2) is 4.65. The highest BCUT2D eigenvalue weighted by atomic mass is 16.1. The van der Waals surface area contributed by atoms with Gasteiger partial charge >= 0.3 is 0 Å². The number of hydrogen-bond donors (Lipinski definition) is 0. The second-order valence-corrected chi connectivity index (χ2v) is 5.16. The van der Waals surface area contributed by atoms with E-state index >= 15 is 0 Å². The summed E-state index contributed by atoms with van der Waals surface area (Å²) >= 11 is 0. The van der Waals surface area contributed by atoms with Crippen molar-refractivity contribution in [2.45, 2.75) is 76.9 Å². The lowest BCUT2D eigenvalue weighted by molar-refractivity contribution is -0.127. The molecule has 2 heteroatoms. The Morgan fingerprint density at radius 1 is 1.27 bits per heavy atom. The first kappa shape index (κ1) is 11.1. The van der Waals surface area contributed by atoms with Gasteiger partial charge in [-0.15, -0.1) is 0 Å². The van der Waals surface area contributed by atoms with Crippen LogP contribution in [0.2, 0.25) is 0 Å². The maximum absolute atomic E-state index is 11.9. The Bertz CT molecular complexity index is 239. The SMILES string of the molecule is CCC1CCC(C)N1C1CCCCC1=O. The van der Waals surface area contributed by atoms with Crippen molar-refractivity contribution in [3.63, 3.8) is 0 Å². The largest absolute Gasteiger partial charge is 0.298 e. The van der Waals surface area contributed by atoms with Crippen LogP contribution >= 0.6 is 0 Å². The molecule has 0 spiro atoms. The third kappa shape index (κ3) is 2.10. The standard InChI is InChI=1S/C13H23NO/c1-3-11-9-8-10(2)14(11)12-6-4-5-7-13(12)15/h10-12H,3-9H2,1-2H3. The molecule has 15 heavy (non-hydrogen) atoms. The molecule has 86 valence electrons. The molecule has 0 aromatic rings. The van der Waals surface area contributed by atoms with Crippen LogP contribution in [0.4, 0.5) is 0 Å². The highest BCUT2D eigenvalue weighted by Gasteiger charge is 2.38. The van der Waals surface area contributed by atoms with Gasteiger partial charge in [0.25, 0.3) is 0 Å². The fourth-order valence-electron chi connectivity index (χ4n) is 3.35. The lowest BCUT2D eigenvalue weighted by Gasteiger charge is -2.37. The number of carbonyl (C=O) groups is 1. The number of Topliss-reactive ketones (excluding diaryl/α,β-unsaturated/α-hetero) is 1. The second-order valence-electron chi connectivity index (χ2n) is 5.16. The van der Waals surface area contributed by atoms with E-state index in [0.29, 0.717) is 17.9 Å². The summed E-state index contributed by atoms with van der Waals surface area (Å²) in [5.74, 6) is 0.508. The molecule has 1 saturated heterocycles. The number of hydrogen-bond acceptors (Lipinski definition) is 2. The van der Waals surface area contributed by atoms with Gasteiger partial charge in [0.2, 0.25) is 0 Å². The predicted molar refractivity (Wildman–Crippen MR) is 61.9 cm³/mol. The van der Waals surface area contributed by atoms with Gasteiger partial charge < -0.3 is 0 Å². The van der Waals surface area contributed by atoms with E-state index < -0.39 is 0 Å². The molecular formula is C13H23NO. The molecule has 0 amide bonds. The van der Waals surface area contributed by atoms with Gasteiger partial charge in [0.1, 0.15) is 5.78 Å². The number of rotatable bonds is 2. The minimum atomic E-state index is 0.265. The van der Waals surface area contributed by atoms with Gasteiger partial charge in [-0.05, 0) is 39.0 Å². The number of ketones is 1. The molecule has 3 unspecified atom stereocenters. The number of likely N-dealkylation sites (tertiary alicyclic amines) is 1. The monoisotopic (exact) mass is 209 g/mol. The number of nitrogens with zero attached hydrogens (tertiary/aromatic N) is 1. The summed E-state index contributed by atoms with van der Waals surface area (Å²) in [5, 5.41) is 0. The third-order valence-corrected chi connectivity index (χ3v) is 4.20. The Morgan fingerprint density at radius 3 is 2.73 bits per heavy atom. The third-order valence-electron chi connectivity index (χ3n) is 4.20. The normalized spacial score (nSPS) is 38.5. The van der Waals surface area contributed by atoms with Gasteiger partial charge in [0.15, 0.2) is 0 Å². The van der Waals surface area contributed by atoms with Gasteiger partial charge in [-0.25, -0.2) is 0 Å². The molecular weight excluding hydrogens is 186 g/mol. The lowest BCUT2D eigenvalue weighted by atomic mass is 9.91. The van der Waals surface area contributed by atoms with Crippen molar-refractivity contribution in [1.29, 1.82) is 0 Å². The van der Waals surface area contributed by atoms with Crippen LogP contribution in [0.5, 0.6) is 0 Å². The summed E-state index contributed by atoms with van der Waals surface area (Å²) < 4.78 is 0. The van der Waals surface area contributed by atoms with Crippen LogP contribution in [0.25, 0.3) is 0 Å². The Hall–Kier alpha value is -0.370. The maximum atomic E-state index is 11.9. The zero-order chi connectivity index (χ0) is 10.8. The summed E-state index contributed by atoms with van der Waals surface area (Å²) in [6.45, 7) is 4.54. The zero-order valence-electron chi connectivity index (χ0n) is 10.0. The molecule has 0 aromatic heterocycles. The van der Waals surface area contributed by atoms with Gasteiger partial charge in [0.05, 0.1) is 6.04 Å². The minimum Gasteiger partial charge on any atom is -0.298 e. The molecule has 0 bridgehead atoms. The molecule has 2 aliphatic rings. The zero-order valence-corrected chi connectivity index (χ0v) is 10.0. The Labute approximate surface area is 93.0 Å². The van der Waals surface area contributed by atoms with Gasteiger partial charge in [-0.3, -0.25) is 9.69 Å². The number of carbonyl (C=O) groups excluding carboxylic acids is 1. The molecule has 2 nitrogen and oxygen atoms in total. The van der Waals surface area contributed by atoms with Gasteiger partial charge in [0, 0.05) is 18.5 Å². The van der Waals surface area contributed by atoms with Crippen molar-refractivity contribution in [1.82, 2.24) is 4.90 Å². The van der Waals surface area contributed by atoms with Crippen LogP contribution < -0.4 is 0 Å². The molecule has 0 aromatic carbocycles. The summed E-state index contributed by atoms with van der Waals surface area (Å²) in [5.41, 5.74) is 0. The van der Waals surface area contributed by atoms with Crippen molar-refractivity contribution >= 4 is 5.78 Å². The molecule has 1 saturated carbocycles. The highest BCUT2D eigenvalue weighted by molar-refractivity contribution is 5.84. The first-order valence-corrected chi connectivity index (χ1v) is 6.54. The minimum absolute atomic E-state index is 0.265. The first-order valence-electron chi connectivity index (χ1n) is 6.54. The molecule has 1 aliphatic heterocycles. The fraction of sp³-hybridized carbons (Fsp3) is 0.923. The maximum Gasteiger partial charge on any atom is 0.149 e. The molecule has 0 N–H and O–H groups in total. The molecule has 2 rings (SSSR count). The Morgan fingerprint density at radius 2 is 2.07 bits per heavy atom. The van der Waals surface area contributed by atoms with Crippen molar-refractivity contribution < 1.29 is 4.79 Å². The van der Waals surface area contributed by atoms with Crippen molar-refractivity contribution in [2.24, 2.45) is 0 Å². The van der Waals surface area contributed by atoms with E-state index in [0.717, 1.165) is 19.3 Å². The van der Waals surface area contributed by atoms with E-state index in [-0.39, 0.29) is 6.04 Å². The van der Waals surface area contributed by atoms with Gasteiger partial charge in [-0.1, -0.05) is 13.3 Å². The van der Waals surface area contributed by atoms with Crippen LogP contribution in [0.1, 0.15) is 58.8 Å². The van der Waals surface area contributed by atoms with Crippen molar-refractivity contribution in [3.8, 4) is 0 Å². The van der Waals surface area contributed by atoms with Crippen LogP contribution in [-0.4, -0.2) is 28.8 Å². The van der Waals surface area contributed by atoms with Crippen LogP contribution in [0.15, 0.2) is 0 Å². The highest BCUT2D eigenvalue weighted by Crippen LogP contribution is 2.32. The summed E-state index contributed by atoms with van der Waals surface area (Å²) in [4.78, 5) is 14.5. The van der Waals surface area contributed by atoms with E-state index in [1.54, 1.807) is 0 Å². The van der Waals surface area contributed by atoms with Crippen LogP contribution in [-0.2, 0) is 4.79 Å². The van der Waals surface area contributed by atoms with E-state index in [1.807, 2.05) is 0 Å². The summed E-state index contributed by atoms with van der Waals surface area (Å²) in [6.07, 6.45) is 8.08. The predicted octanol–water partition coefficient (Wildman–Crippen LogP) is 2.76. The molecule has 3 atom stereocenters. The molecule has 0 radical (unpaired) electrons. The van der Waals surface area contributed by atoms with Crippen LogP contribution in [0, 0.1) is 0 Å². The average molecular weight is 209 g/mol. The first-order chi connectivity index (χ1) is 7.24. The summed E-state index contributed by atoms with van der Waals surface area (Å²) in [7, 11) is 0. The van der Waals surface area contributed by atoms with Crippen molar-refractivity contribution in [3.05, 3.63) is 0 Å². The Kier molecular flexibility index (Phi) is 3.45. The van der Waals surface area contributed by atoms with Gasteiger partial charge in [-0.2, -0.15) is 0 Å². The molecule has 1 aliphatic carbocycles. The smallest absolute Gasteiger partial charge is 0.149 e. The lowest BCUT2D eigenvalue weighted by Crippen LogP contribution is -2.48. The van der Waals surface area contributed by atoms with E-state index in [2.05, 4.69) is 18.7 Å². The fourth-order valence-corrected chi connectivity index (χ4v) is 3.35. The van der Waals surface area contributed by atoms with Crippen molar-refractivity contribution in [2.75, 3.05) is 0 Å². The topological polar surface area (TPSA) is 20.3 Å². The molecule has 1 heterocycles. The molecule has 2 fully saturated rings. The average Bonchev–Trinajstić information content (AvgIpc) is 2.60. The van der Waals surface area contributed by atoms with E-state index in [9.17, 15) is 4.79 Å². The van der Waals surface area contributed by atoms with Crippen LogP contribution in [0.3, 0.4) is 0 Å².